The molecule has 4 aromatic rings. The van der Waals surface area contributed by atoms with E-state index in [1.165, 1.54) is 25.3 Å². The van der Waals surface area contributed by atoms with Crippen LogP contribution in [0.1, 0.15) is 5.56 Å². The van der Waals surface area contributed by atoms with Crippen LogP contribution in [-0.2, 0) is 4.74 Å². The number of methoxy groups -OCH3 is 1. The minimum Gasteiger partial charge on any atom is -0.508 e. The molecule has 1 aliphatic carbocycles. The van der Waals surface area contributed by atoms with Gasteiger partial charge < -0.3 is 24.3 Å². The fourth-order valence-electron chi connectivity index (χ4n) is 4.84. The molecule has 8 nitrogen and oxygen atoms in total. The quantitative estimate of drug-likeness (QED) is 0.487. The average molecular weight is 449 g/mol. The summed E-state index contributed by atoms with van der Waals surface area (Å²) < 4.78 is 31.2. The van der Waals surface area contributed by atoms with Gasteiger partial charge in [0.25, 0.3) is 0 Å². The minimum atomic E-state index is -0.661. The molecule has 1 aliphatic heterocycles. The largest absolute Gasteiger partial charge is 0.508 e. The number of fused-ring (bicyclic) bond motifs is 3. The molecule has 0 radical (unpaired) electrons. The molecule has 3 heterocycles. The predicted octanol–water partition coefficient (Wildman–Crippen LogP) is 3.62. The number of halogens is 1. The van der Waals surface area contributed by atoms with E-state index >= 15 is 0 Å². The zero-order chi connectivity index (χ0) is 22.9. The van der Waals surface area contributed by atoms with Crippen LogP contribution in [0.25, 0.3) is 33.0 Å². The maximum absolute atomic E-state index is 14.8. The Morgan fingerprint density at radius 3 is 2.73 bits per heavy atom. The molecule has 2 aromatic carbocycles. The number of nitrogens with zero attached hydrogens (tertiary/aromatic N) is 2. The topological polar surface area (TPSA) is 107 Å². The van der Waals surface area contributed by atoms with Gasteiger partial charge in [-0.05, 0) is 30.5 Å². The summed E-state index contributed by atoms with van der Waals surface area (Å²) in [4.78, 5) is 22.0. The summed E-state index contributed by atoms with van der Waals surface area (Å²) in [6.45, 7) is 3.08. The number of aromatic hydroxyl groups is 1. The van der Waals surface area contributed by atoms with Crippen LogP contribution in [0.3, 0.4) is 0 Å². The Labute approximate surface area is 187 Å². The van der Waals surface area contributed by atoms with Crippen molar-refractivity contribution in [2.24, 2.45) is 11.8 Å². The molecule has 2 aromatic heterocycles. The molecular formula is C24H20FN3O5. The number of aromatic nitrogens is 2. The summed E-state index contributed by atoms with van der Waals surface area (Å²) in [6, 6.07) is 7.65. The molecular weight excluding hydrogens is 429 g/mol. The van der Waals surface area contributed by atoms with E-state index in [1.807, 2.05) is 0 Å². The van der Waals surface area contributed by atoms with Gasteiger partial charge in [-0.2, -0.15) is 9.97 Å². The van der Waals surface area contributed by atoms with Crippen LogP contribution in [0.4, 0.5) is 10.2 Å². The number of hydrogen-bond donors (Lipinski definition) is 2. The van der Waals surface area contributed by atoms with Gasteiger partial charge >= 0.3 is 11.6 Å². The number of phenols is 1. The molecule has 1 saturated heterocycles. The number of nitrogens with one attached hydrogen (secondary N) is 1. The molecule has 2 N–H and O–H groups in total. The van der Waals surface area contributed by atoms with Crippen LogP contribution in [0.15, 0.2) is 39.5 Å². The second-order valence-electron chi connectivity index (χ2n) is 8.49. The highest BCUT2D eigenvalue weighted by atomic mass is 19.1. The van der Waals surface area contributed by atoms with Crippen molar-refractivity contribution in [3.63, 3.8) is 0 Å². The summed E-state index contributed by atoms with van der Waals surface area (Å²) in [5.41, 5.74) is 0.444. The van der Waals surface area contributed by atoms with Gasteiger partial charge in [-0.15, -0.1) is 0 Å². The fourth-order valence-corrected chi connectivity index (χ4v) is 4.84. The maximum Gasteiger partial charge on any atom is 0.349 e. The Bertz CT molecular complexity index is 1490. The lowest BCUT2D eigenvalue weighted by Gasteiger charge is -2.14. The van der Waals surface area contributed by atoms with Gasteiger partial charge in [0.15, 0.2) is 0 Å². The van der Waals surface area contributed by atoms with Crippen molar-refractivity contribution in [2.75, 3.05) is 25.6 Å². The van der Waals surface area contributed by atoms with Crippen LogP contribution in [0.2, 0.25) is 0 Å². The van der Waals surface area contributed by atoms with Gasteiger partial charge in [0.1, 0.15) is 28.5 Å². The molecule has 1 saturated carbocycles. The lowest BCUT2D eigenvalue weighted by molar-refractivity contribution is 0.162. The third-order valence-electron chi connectivity index (χ3n) is 6.58. The van der Waals surface area contributed by atoms with Crippen molar-refractivity contribution >= 4 is 27.5 Å². The van der Waals surface area contributed by atoms with E-state index < -0.39 is 11.4 Å². The fraction of sp³-hybridized carbons (Fsp3) is 0.292. The van der Waals surface area contributed by atoms with E-state index in [2.05, 4.69) is 15.3 Å². The molecule has 0 spiro atoms. The van der Waals surface area contributed by atoms with E-state index in [-0.39, 0.29) is 39.9 Å². The third kappa shape index (κ3) is 3.03. The molecule has 168 valence electrons. The highest BCUT2D eigenvalue weighted by molar-refractivity contribution is 6.00. The standard InChI is InChI=1S/C24H20FN3O5/c1-10-19-18(22(28-24(27-19)31-2)26-20-14-8-32-9-15(14)20)23(30)33-21(10)13-7-12(29)6-11-4-3-5-16(25)17(11)13/h3-7,14-15,20,29H,8-9H2,1-2H3,(H,26,27,28). The zero-order valence-electron chi connectivity index (χ0n) is 17.9. The van der Waals surface area contributed by atoms with Gasteiger partial charge in [0, 0.05) is 34.4 Å². The molecule has 2 atom stereocenters. The molecule has 0 bridgehead atoms. The lowest BCUT2D eigenvalue weighted by Crippen LogP contribution is -2.17. The van der Waals surface area contributed by atoms with Crippen LogP contribution < -0.4 is 15.7 Å². The summed E-state index contributed by atoms with van der Waals surface area (Å²) in [6.07, 6.45) is 0. The van der Waals surface area contributed by atoms with Crippen molar-refractivity contribution in [1.29, 1.82) is 0 Å². The van der Waals surface area contributed by atoms with Gasteiger partial charge in [0.05, 0.1) is 25.8 Å². The second-order valence-corrected chi connectivity index (χ2v) is 8.49. The summed E-state index contributed by atoms with van der Waals surface area (Å²) >= 11 is 0. The summed E-state index contributed by atoms with van der Waals surface area (Å²) in [5, 5.41) is 14.5. The highest BCUT2D eigenvalue weighted by Gasteiger charge is 2.54. The molecule has 2 fully saturated rings. The van der Waals surface area contributed by atoms with E-state index in [4.69, 9.17) is 13.9 Å². The number of benzene rings is 2. The minimum absolute atomic E-state index is 0.0737. The molecule has 9 heteroatoms. The number of aryl methyl sites for hydroxylation is 1. The smallest absolute Gasteiger partial charge is 0.349 e. The summed E-state index contributed by atoms with van der Waals surface area (Å²) in [5.74, 6) is 0.670. The Balaban J connectivity index is 1.58. The predicted molar refractivity (Wildman–Crippen MR) is 119 cm³/mol. The van der Waals surface area contributed by atoms with Crippen LogP contribution in [0.5, 0.6) is 11.8 Å². The van der Waals surface area contributed by atoms with Crippen molar-refractivity contribution < 1.29 is 23.4 Å². The second kappa shape index (κ2) is 7.14. The summed E-state index contributed by atoms with van der Waals surface area (Å²) in [7, 11) is 1.45. The normalized spacial score (nSPS) is 21.4. The van der Waals surface area contributed by atoms with Crippen molar-refractivity contribution in [2.45, 2.75) is 13.0 Å². The average Bonchev–Trinajstić information content (AvgIpc) is 3.20. The molecule has 6 rings (SSSR count). The molecule has 2 unspecified atom stereocenters. The van der Waals surface area contributed by atoms with E-state index in [1.54, 1.807) is 19.1 Å². The number of rotatable bonds is 4. The zero-order valence-corrected chi connectivity index (χ0v) is 17.9. The Hall–Kier alpha value is -3.72. The first-order valence-corrected chi connectivity index (χ1v) is 10.6. The highest BCUT2D eigenvalue weighted by Crippen LogP contribution is 2.46. The van der Waals surface area contributed by atoms with E-state index in [9.17, 15) is 14.3 Å². The first-order chi connectivity index (χ1) is 16.0. The first-order valence-electron chi connectivity index (χ1n) is 10.6. The van der Waals surface area contributed by atoms with E-state index in [0.717, 1.165) is 0 Å². The molecule has 33 heavy (non-hydrogen) atoms. The van der Waals surface area contributed by atoms with Gasteiger partial charge in [-0.1, -0.05) is 12.1 Å². The monoisotopic (exact) mass is 449 g/mol. The number of anilines is 1. The molecule has 2 aliphatic rings. The van der Waals surface area contributed by atoms with Crippen LogP contribution in [0, 0.1) is 24.6 Å². The maximum atomic E-state index is 14.8. The lowest BCUT2D eigenvalue weighted by atomic mass is 9.98. The van der Waals surface area contributed by atoms with Gasteiger partial charge in [0.2, 0.25) is 0 Å². The van der Waals surface area contributed by atoms with E-state index in [0.29, 0.717) is 47.3 Å². The first kappa shape index (κ1) is 19.9. The van der Waals surface area contributed by atoms with Crippen molar-refractivity contribution in [1.82, 2.24) is 9.97 Å². The van der Waals surface area contributed by atoms with Gasteiger partial charge in [-0.3, -0.25) is 0 Å². The Kier molecular flexibility index (Phi) is 4.31. The van der Waals surface area contributed by atoms with Gasteiger partial charge in [-0.25, -0.2) is 9.18 Å². The van der Waals surface area contributed by atoms with Crippen LogP contribution >= 0.6 is 0 Å². The SMILES string of the molecule is COc1nc(NC2C3COCC32)c2c(=O)oc(-c3cc(O)cc4cccc(F)c34)c(C)c2n1. The van der Waals surface area contributed by atoms with Crippen LogP contribution in [-0.4, -0.2) is 41.4 Å². The molecule has 0 amide bonds. The Morgan fingerprint density at radius 2 is 1.97 bits per heavy atom. The number of ether oxygens (including phenoxy) is 2. The Morgan fingerprint density at radius 1 is 1.18 bits per heavy atom. The van der Waals surface area contributed by atoms with Crippen molar-refractivity contribution in [3.05, 3.63) is 52.1 Å². The number of hydrogen-bond acceptors (Lipinski definition) is 8. The number of phenolic OH excluding ortho intramolecular Hbond substituents is 1. The van der Waals surface area contributed by atoms with Crippen molar-refractivity contribution in [3.8, 4) is 23.1 Å². The third-order valence-corrected chi connectivity index (χ3v) is 6.58.